The molecule has 1 aliphatic rings. The Kier molecular flexibility index (Phi) is 5.11. The molecular formula is C17H22N4O2S. The van der Waals surface area contributed by atoms with Crippen LogP contribution in [0.1, 0.15) is 34.0 Å². The van der Waals surface area contributed by atoms with Crippen LogP contribution in [0.3, 0.4) is 0 Å². The molecule has 1 unspecified atom stereocenters. The lowest BCUT2D eigenvalue weighted by molar-refractivity contribution is 0.0599. The van der Waals surface area contributed by atoms with Crippen molar-refractivity contribution in [1.29, 1.82) is 0 Å². The highest BCUT2D eigenvalue weighted by Gasteiger charge is 2.24. The Morgan fingerprint density at radius 3 is 2.62 bits per heavy atom. The van der Waals surface area contributed by atoms with Crippen LogP contribution in [0.25, 0.3) is 0 Å². The van der Waals surface area contributed by atoms with Crippen molar-refractivity contribution >= 4 is 23.1 Å². The van der Waals surface area contributed by atoms with Gasteiger partial charge < -0.3 is 9.64 Å². The number of anilines is 1. The van der Waals surface area contributed by atoms with Crippen LogP contribution in [-0.4, -0.2) is 54.1 Å². The summed E-state index contributed by atoms with van der Waals surface area (Å²) < 4.78 is 4.77. The summed E-state index contributed by atoms with van der Waals surface area (Å²) in [6.45, 7) is 7.83. The molecule has 3 heterocycles. The molecule has 0 bridgehead atoms. The monoisotopic (exact) mass is 346 g/mol. The number of aryl methyl sites for hydroxylation is 1. The van der Waals surface area contributed by atoms with Crippen LogP contribution in [0, 0.1) is 6.92 Å². The van der Waals surface area contributed by atoms with E-state index < -0.39 is 0 Å². The number of carbonyl (C=O) groups is 1. The second-order valence-electron chi connectivity index (χ2n) is 5.86. The average Bonchev–Trinajstić information content (AvgIpc) is 3.15. The summed E-state index contributed by atoms with van der Waals surface area (Å²) >= 11 is 1.71. The van der Waals surface area contributed by atoms with Gasteiger partial charge in [0.25, 0.3) is 0 Å². The first kappa shape index (κ1) is 16.9. The van der Waals surface area contributed by atoms with Crippen molar-refractivity contribution in [2.75, 3.05) is 38.2 Å². The van der Waals surface area contributed by atoms with Crippen molar-refractivity contribution < 1.29 is 9.53 Å². The van der Waals surface area contributed by atoms with Crippen molar-refractivity contribution in [2.45, 2.75) is 19.9 Å². The number of thiazole rings is 1. The maximum Gasteiger partial charge on any atom is 0.339 e. The molecule has 128 valence electrons. The van der Waals surface area contributed by atoms with Gasteiger partial charge >= 0.3 is 5.97 Å². The van der Waals surface area contributed by atoms with Crippen LogP contribution in [0.15, 0.2) is 23.7 Å². The van der Waals surface area contributed by atoms with E-state index in [2.05, 4.69) is 26.7 Å². The molecule has 24 heavy (non-hydrogen) atoms. The van der Waals surface area contributed by atoms with E-state index in [4.69, 9.17) is 4.74 Å². The lowest BCUT2D eigenvalue weighted by Gasteiger charge is -2.38. The zero-order chi connectivity index (χ0) is 17.1. The summed E-state index contributed by atoms with van der Waals surface area (Å²) in [6, 6.07) is 4.05. The molecule has 1 aliphatic heterocycles. The van der Waals surface area contributed by atoms with Crippen LogP contribution in [0.2, 0.25) is 0 Å². The van der Waals surface area contributed by atoms with Gasteiger partial charge in [-0.15, -0.1) is 11.3 Å². The summed E-state index contributed by atoms with van der Waals surface area (Å²) in [5, 5.41) is 3.19. The number of methoxy groups -OCH3 is 1. The highest BCUT2D eigenvalue weighted by atomic mass is 32.1. The number of hydrogen-bond acceptors (Lipinski definition) is 7. The highest BCUT2D eigenvalue weighted by Crippen LogP contribution is 2.25. The Balaban J connectivity index is 1.64. The number of ether oxygens (including phenoxy) is 1. The van der Waals surface area contributed by atoms with Gasteiger partial charge in [-0.25, -0.2) is 14.8 Å². The van der Waals surface area contributed by atoms with E-state index in [9.17, 15) is 4.79 Å². The second-order valence-corrected chi connectivity index (χ2v) is 6.79. The van der Waals surface area contributed by atoms with Gasteiger partial charge in [-0.1, -0.05) is 0 Å². The predicted octanol–water partition coefficient (Wildman–Crippen LogP) is 2.52. The van der Waals surface area contributed by atoms with Crippen LogP contribution >= 0.6 is 11.3 Å². The molecule has 2 aromatic rings. The molecule has 0 aliphatic carbocycles. The number of hydrogen-bond donors (Lipinski definition) is 0. The molecular weight excluding hydrogens is 324 g/mol. The molecule has 0 spiro atoms. The summed E-state index contributed by atoms with van der Waals surface area (Å²) in [5.41, 5.74) is 1.23. The minimum atomic E-state index is -0.339. The average molecular weight is 346 g/mol. The lowest BCUT2D eigenvalue weighted by Crippen LogP contribution is -2.47. The molecule has 1 fully saturated rings. The number of piperazine rings is 1. The van der Waals surface area contributed by atoms with Crippen molar-refractivity contribution in [3.8, 4) is 0 Å². The maximum absolute atomic E-state index is 11.7. The van der Waals surface area contributed by atoms with Crippen LogP contribution in [0.4, 0.5) is 5.82 Å². The van der Waals surface area contributed by atoms with Gasteiger partial charge in [0.2, 0.25) is 0 Å². The smallest absolute Gasteiger partial charge is 0.339 e. The SMILES string of the molecule is COC(=O)c1ccc(N2CCN(C(C)c3nccs3)CC2)nc1C. The normalized spacial score (nSPS) is 16.9. The fourth-order valence-electron chi connectivity index (χ4n) is 2.98. The number of aromatic nitrogens is 2. The first-order valence-corrected chi connectivity index (χ1v) is 8.92. The highest BCUT2D eigenvalue weighted by molar-refractivity contribution is 7.09. The minimum Gasteiger partial charge on any atom is -0.465 e. The summed E-state index contributed by atoms with van der Waals surface area (Å²) in [5.74, 6) is 0.579. The standard InChI is InChI=1S/C17H22N4O2S/c1-12-14(17(22)23-3)4-5-15(19-12)21-9-7-20(8-10-21)13(2)16-18-6-11-24-16/h4-6,11,13H,7-10H2,1-3H3. The summed E-state index contributed by atoms with van der Waals surface area (Å²) in [4.78, 5) is 25.4. The number of nitrogens with zero attached hydrogens (tertiary/aromatic N) is 4. The minimum absolute atomic E-state index is 0.339. The van der Waals surface area contributed by atoms with E-state index in [1.807, 2.05) is 24.6 Å². The Bertz CT molecular complexity index is 697. The predicted molar refractivity (Wildman–Crippen MR) is 94.6 cm³/mol. The van der Waals surface area contributed by atoms with Gasteiger partial charge in [0.05, 0.1) is 24.4 Å². The van der Waals surface area contributed by atoms with Gasteiger partial charge in [0.15, 0.2) is 0 Å². The fourth-order valence-corrected chi connectivity index (χ4v) is 3.71. The number of rotatable bonds is 4. The van der Waals surface area contributed by atoms with E-state index in [1.54, 1.807) is 17.4 Å². The number of pyridine rings is 1. The molecule has 0 radical (unpaired) electrons. The molecule has 0 aromatic carbocycles. The molecule has 0 amide bonds. The number of esters is 1. The van der Waals surface area contributed by atoms with Crippen LogP contribution in [-0.2, 0) is 4.74 Å². The first-order valence-electron chi connectivity index (χ1n) is 8.04. The van der Waals surface area contributed by atoms with Crippen molar-refractivity contribution in [3.05, 3.63) is 40.0 Å². The van der Waals surface area contributed by atoms with E-state index in [0.717, 1.165) is 32.0 Å². The third-order valence-corrected chi connectivity index (χ3v) is 5.42. The summed E-state index contributed by atoms with van der Waals surface area (Å²) in [6.07, 6.45) is 1.86. The second kappa shape index (κ2) is 7.27. The van der Waals surface area contributed by atoms with Gasteiger partial charge in [-0.2, -0.15) is 0 Å². The third kappa shape index (κ3) is 3.42. The largest absolute Gasteiger partial charge is 0.465 e. The van der Waals surface area contributed by atoms with Gasteiger partial charge in [0.1, 0.15) is 10.8 Å². The molecule has 2 aromatic heterocycles. The van der Waals surface area contributed by atoms with Crippen molar-refractivity contribution in [1.82, 2.24) is 14.9 Å². The molecule has 0 N–H and O–H groups in total. The van der Waals surface area contributed by atoms with E-state index in [1.165, 1.54) is 12.1 Å². The van der Waals surface area contributed by atoms with E-state index in [0.29, 0.717) is 17.3 Å². The third-order valence-electron chi connectivity index (χ3n) is 4.47. The maximum atomic E-state index is 11.7. The van der Waals surface area contributed by atoms with E-state index >= 15 is 0 Å². The topological polar surface area (TPSA) is 58.6 Å². The van der Waals surface area contributed by atoms with Gasteiger partial charge in [-0.3, -0.25) is 4.90 Å². The fraction of sp³-hybridized carbons (Fsp3) is 0.471. The molecule has 7 heteroatoms. The van der Waals surface area contributed by atoms with Crippen LogP contribution < -0.4 is 4.90 Å². The Morgan fingerprint density at radius 1 is 1.29 bits per heavy atom. The number of carbonyl (C=O) groups excluding carboxylic acids is 1. The molecule has 3 rings (SSSR count). The quantitative estimate of drug-likeness (QED) is 0.793. The molecule has 1 atom stereocenters. The first-order chi connectivity index (χ1) is 11.6. The molecule has 1 saturated heterocycles. The lowest BCUT2D eigenvalue weighted by atomic mass is 10.2. The molecule has 0 saturated carbocycles. The van der Waals surface area contributed by atoms with Gasteiger partial charge in [0, 0.05) is 37.8 Å². The Labute approximate surface area is 146 Å². The van der Waals surface area contributed by atoms with Crippen molar-refractivity contribution in [3.63, 3.8) is 0 Å². The van der Waals surface area contributed by atoms with E-state index in [-0.39, 0.29) is 5.97 Å². The Morgan fingerprint density at radius 2 is 2.04 bits per heavy atom. The van der Waals surface area contributed by atoms with Gasteiger partial charge in [-0.05, 0) is 26.0 Å². The zero-order valence-corrected chi connectivity index (χ0v) is 15.0. The summed E-state index contributed by atoms with van der Waals surface area (Å²) in [7, 11) is 1.39. The van der Waals surface area contributed by atoms with Crippen LogP contribution in [0.5, 0.6) is 0 Å². The Hall–Kier alpha value is -1.99. The van der Waals surface area contributed by atoms with Crippen molar-refractivity contribution in [2.24, 2.45) is 0 Å². The molecule has 6 nitrogen and oxygen atoms in total. The zero-order valence-electron chi connectivity index (χ0n) is 14.2.